The van der Waals surface area contributed by atoms with E-state index >= 15 is 0 Å². The molecule has 1 fully saturated rings. The van der Waals surface area contributed by atoms with Gasteiger partial charge in [0.25, 0.3) is 0 Å². The molecule has 1 saturated heterocycles. The second-order valence-electron chi connectivity index (χ2n) is 5.82. The Morgan fingerprint density at radius 1 is 1.17 bits per heavy atom. The van der Waals surface area contributed by atoms with Crippen LogP contribution in [0.2, 0.25) is 0 Å². The maximum atomic E-state index is 11.3. The van der Waals surface area contributed by atoms with Crippen LogP contribution in [-0.4, -0.2) is 50.8 Å². The number of likely N-dealkylation sites (tertiary alicyclic amines) is 1. The van der Waals surface area contributed by atoms with Gasteiger partial charge in [0.05, 0.1) is 14.2 Å². The van der Waals surface area contributed by atoms with Crippen molar-refractivity contribution in [3.8, 4) is 11.5 Å². The van der Waals surface area contributed by atoms with Crippen LogP contribution in [0.15, 0.2) is 18.2 Å². The molecule has 0 aromatic heterocycles. The fourth-order valence-corrected chi connectivity index (χ4v) is 2.84. The van der Waals surface area contributed by atoms with Crippen LogP contribution in [0.4, 0.5) is 0 Å². The molecule has 136 valence electrons. The second-order valence-corrected chi connectivity index (χ2v) is 5.82. The molecule has 0 spiro atoms. The summed E-state index contributed by atoms with van der Waals surface area (Å²) in [5.74, 6) is 1.44. The molecule has 1 aromatic rings. The average molecular weight is 358 g/mol. The number of hydrogen-bond donors (Lipinski definition) is 0. The summed E-state index contributed by atoms with van der Waals surface area (Å²) in [6.45, 7) is 4.80. The predicted octanol–water partition coefficient (Wildman–Crippen LogP) is 3.09. The van der Waals surface area contributed by atoms with E-state index in [1.165, 1.54) is 5.56 Å². The van der Waals surface area contributed by atoms with Gasteiger partial charge in [-0.2, -0.15) is 0 Å². The van der Waals surface area contributed by atoms with Gasteiger partial charge < -0.3 is 19.1 Å². The fraction of sp³-hybridized carbons (Fsp3) is 0.611. The number of nitrogens with zero attached hydrogens (tertiary/aromatic N) is 1. The lowest BCUT2D eigenvalue weighted by molar-refractivity contribution is -0.150. The summed E-state index contributed by atoms with van der Waals surface area (Å²) < 4.78 is 16.0. The Morgan fingerprint density at radius 2 is 1.83 bits per heavy atom. The van der Waals surface area contributed by atoms with Crippen molar-refractivity contribution in [2.75, 3.05) is 33.9 Å². The van der Waals surface area contributed by atoms with Gasteiger partial charge in [-0.3, -0.25) is 4.79 Å². The first-order chi connectivity index (χ1) is 11.2. The Kier molecular flexibility index (Phi) is 8.93. The lowest BCUT2D eigenvalue weighted by Gasteiger charge is -2.31. The molecule has 0 radical (unpaired) electrons. The first-order valence-corrected chi connectivity index (χ1v) is 8.29. The number of methoxy groups -OCH3 is 2. The normalized spacial score (nSPS) is 15.5. The number of rotatable bonds is 7. The van der Waals surface area contributed by atoms with Crippen molar-refractivity contribution in [2.45, 2.75) is 38.7 Å². The van der Waals surface area contributed by atoms with Crippen molar-refractivity contribution in [1.29, 1.82) is 0 Å². The summed E-state index contributed by atoms with van der Waals surface area (Å²) in [6.07, 6.45) is 3.38. The Hall–Kier alpha value is -1.46. The number of benzene rings is 1. The molecule has 0 amide bonds. The van der Waals surface area contributed by atoms with Gasteiger partial charge in [-0.15, -0.1) is 12.4 Å². The second kappa shape index (κ2) is 10.4. The molecular formula is C18H28ClNO4. The van der Waals surface area contributed by atoms with Crippen molar-refractivity contribution in [3.63, 3.8) is 0 Å². The number of ether oxygens (including phenoxy) is 3. The van der Waals surface area contributed by atoms with E-state index in [-0.39, 0.29) is 24.5 Å². The maximum absolute atomic E-state index is 11.3. The van der Waals surface area contributed by atoms with Crippen LogP contribution in [0.1, 0.15) is 31.7 Å². The summed E-state index contributed by atoms with van der Waals surface area (Å²) in [4.78, 5) is 13.8. The average Bonchev–Trinajstić information content (AvgIpc) is 2.60. The molecule has 1 aliphatic rings. The highest BCUT2D eigenvalue weighted by Crippen LogP contribution is 2.27. The molecule has 0 aliphatic carbocycles. The van der Waals surface area contributed by atoms with E-state index in [0.717, 1.165) is 50.4 Å². The van der Waals surface area contributed by atoms with Crippen molar-refractivity contribution in [3.05, 3.63) is 23.8 Å². The molecule has 0 saturated carbocycles. The van der Waals surface area contributed by atoms with E-state index in [4.69, 9.17) is 14.2 Å². The molecule has 6 heteroatoms. The number of halogens is 1. The quantitative estimate of drug-likeness (QED) is 0.702. The van der Waals surface area contributed by atoms with Crippen molar-refractivity contribution in [1.82, 2.24) is 4.90 Å². The van der Waals surface area contributed by atoms with Crippen LogP contribution in [0.3, 0.4) is 0 Å². The SMILES string of the molecule is CCC(=O)OC1CCN(CCc2ccc(OC)c(OC)c2)CC1.Cl. The molecule has 2 rings (SSSR count). The summed E-state index contributed by atoms with van der Waals surface area (Å²) in [6, 6.07) is 6.07. The molecule has 1 aromatic carbocycles. The van der Waals surface area contributed by atoms with E-state index in [9.17, 15) is 4.79 Å². The van der Waals surface area contributed by atoms with Crippen LogP contribution in [0, 0.1) is 0 Å². The number of hydrogen-bond acceptors (Lipinski definition) is 5. The molecule has 0 unspecified atom stereocenters. The molecule has 24 heavy (non-hydrogen) atoms. The minimum absolute atomic E-state index is 0. The van der Waals surface area contributed by atoms with Gasteiger partial charge in [0.1, 0.15) is 6.10 Å². The number of carbonyl (C=O) groups is 1. The summed E-state index contributed by atoms with van der Waals surface area (Å²) in [5.41, 5.74) is 1.24. The van der Waals surface area contributed by atoms with Gasteiger partial charge in [-0.1, -0.05) is 13.0 Å². The zero-order chi connectivity index (χ0) is 16.7. The third-order valence-electron chi connectivity index (χ3n) is 4.29. The Balaban J connectivity index is 0.00000288. The molecule has 1 heterocycles. The number of esters is 1. The van der Waals surface area contributed by atoms with E-state index in [0.29, 0.717) is 6.42 Å². The Labute approximate surface area is 150 Å². The monoisotopic (exact) mass is 357 g/mol. The first-order valence-electron chi connectivity index (χ1n) is 8.29. The van der Waals surface area contributed by atoms with Crippen molar-refractivity contribution < 1.29 is 19.0 Å². The lowest BCUT2D eigenvalue weighted by Crippen LogP contribution is -2.38. The summed E-state index contributed by atoms with van der Waals surface area (Å²) >= 11 is 0. The van der Waals surface area contributed by atoms with Gasteiger partial charge in [-0.05, 0) is 37.0 Å². The summed E-state index contributed by atoms with van der Waals surface area (Å²) in [7, 11) is 3.30. The standard InChI is InChI=1S/C18H27NO4.ClH/c1-4-18(20)23-15-8-11-19(12-9-15)10-7-14-5-6-16(21-2)17(13-14)22-3;/h5-6,13,15H,4,7-12H2,1-3H3;1H. The maximum Gasteiger partial charge on any atom is 0.305 e. The summed E-state index contributed by atoms with van der Waals surface area (Å²) in [5, 5.41) is 0. The minimum Gasteiger partial charge on any atom is -0.493 e. The van der Waals surface area contributed by atoms with E-state index < -0.39 is 0 Å². The van der Waals surface area contributed by atoms with Gasteiger partial charge in [0, 0.05) is 26.1 Å². The van der Waals surface area contributed by atoms with E-state index in [2.05, 4.69) is 11.0 Å². The molecule has 1 aliphatic heterocycles. The smallest absolute Gasteiger partial charge is 0.305 e. The van der Waals surface area contributed by atoms with Crippen molar-refractivity contribution in [2.24, 2.45) is 0 Å². The lowest BCUT2D eigenvalue weighted by atomic mass is 10.1. The van der Waals surface area contributed by atoms with Crippen LogP contribution in [0.25, 0.3) is 0 Å². The fourth-order valence-electron chi connectivity index (χ4n) is 2.84. The van der Waals surface area contributed by atoms with Gasteiger partial charge in [0.15, 0.2) is 11.5 Å². The highest BCUT2D eigenvalue weighted by Gasteiger charge is 2.21. The predicted molar refractivity (Wildman–Crippen MR) is 96.3 cm³/mol. The molecule has 0 bridgehead atoms. The molecule has 0 N–H and O–H groups in total. The molecule has 0 atom stereocenters. The van der Waals surface area contributed by atoms with Crippen LogP contribution < -0.4 is 9.47 Å². The van der Waals surface area contributed by atoms with Gasteiger partial charge >= 0.3 is 5.97 Å². The third kappa shape index (κ3) is 5.87. The van der Waals surface area contributed by atoms with Crippen molar-refractivity contribution >= 4 is 18.4 Å². The van der Waals surface area contributed by atoms with Crippen LogP contribution in [0.5, 0.6) is 11.5 Å². The van der Waals surface area contributed by atoms with Gasteiger partial charge in [-0.25, -0.2) is 0 Å². The number of piperidine rings is 1. The largest absolute Gasteiger partial charge is 0.493 e. The van der Waals surface area contributed by atoms with Crippen LogP contribution in [-0.2, 0) is 16.0 Å². The third-order valence-corrected chi connectivity index (χ3v) is 4.29. The molecule has 5 nitrogen and oxygen atoms in total. The number of carbonyl (C=O) groups excluding carboxylic acids is 1. The first kappa shape index (κ1) is 20.6. The van der Waals surface area contributed by atoms with E-state index in [1.54, 1.807) is 14.2 Å². The zero-order valence-electron chi connectivity index (χ0n) is 14.7. The minimum atomic E-state index is -0.0891. The Morgan fingerprint density at radius 3 is 2.42 bits per heavy atom. The highest BCUT2D eigenvalue weighted by atomic mass is 35.5. The van der Waals surface area contributed by atoms with E-state index in [1.807, 2.05) is 19.1 Å². The molecular weight excluding hydrogens is 330 g/mol. The van der Waals surface area contributed by atoms with Crippen LogP contribution >= 0.6 is 12.4 Å². The Bertz CT molecular complexity index is 516. The topological polar surface area (TPSA) is 48.0 Å². The zero-order valence-corrected chi connectivity index (χ0v) is 15.6. The highest BCUT2D eigenvalue weighted by molar-refractivity contribution is 5.85. The van der Waals surface area contributed by atoms with Gasteiger partial charge in [0.2, 0.25) is 0 Å².